The molecule has 0 amide bonds. The number of anilines is 1. The Morgan fingerprint density at radius 1 is 1.24 bits per heavy atom. The second kappa shape index (κ2) is 4.92. The molecule has 1 atom stereocenters. The fraction of sp³-hybridized carbons (Fsp3) is 0.0667. The van der Waals surface area contributed by atoms with Crippen LogP contribution in [0.5, 0.6) is 0 Å². The zero-order valence-electron chi connectivity index (χ0n) is 10.9. The smallest absolute Gasteiger partial charge is 0.337 e. The van der Waals surface area contributed by atoms with Crippen molar-refractivity contribution >= 4 is 22.8 Å². The number of nitrogens with one attached hydrogen (secondary N) is 1. The Morgan fingerprint density at radius 3 is 2.62 bits per heavy atom. The predicted octanol–water partition coefficient (Wildman–Crippen LogP) is 1.93. The molecular weight excluding hydrogens is 270 g/mol. The summed E-state index contributed by atoms with van der Waals surface area (Å²) in [6, 6.07) is 10.3. The summed E-state index contributed by atoms with van der Waals surface area (Å²) in [6.07, 6.45) is 0.261. The second-order valence-corrected chi connectivity index (χ2v) is 4.70. The molecule has 0 spiro atoms. The molecule has 0 bridgehead atoms. The zero-order valence-corrected chi connectivity index (χ0v) is 10.9. The maximum atomic E-state index is 10.8. The summed E-state index contributed by atoms with van der Waals surface area (Å²) in [5.41, 5.74) is 8.59. The zero-order chi connectivity index (χ0) is 15.0. The van der Waals surface area contributed by atoms with Gasteiger partial charge in [-0.1, -0.05) is 24.3 Å². The van der Waals surface area contributed by atoms with Crippen molar-refractivity contribution in [3.63, 3.8) is 0 Å². The highest BCUT2D eigenvalue weighted by Crippen LogP contribution is 2.29. The van der Waals surface area contributed by atoms with Gasteiger partial charge in [0.2, 0.25) is 0 Å². The normalized spacial score (nSPS) is 12.4. The van der Waals surface area contributed by atoms with E-state index < -0.39 is 12.1 Å². The summed E-state index contributed by atoms with van der Waals surface area (Å²) in [5.74, 6) is -0.876. The standard InChI is InChI=1S/C15H13N3O3/c16-12-7-11(10-5-6-17-14(10)18-12)8-1-3-9(4-2-8)13(19)15(20)21/h1-7,13,19H,(H,20,21)(H3,16,17,18). The van der Waals surface area contributed by atoms with Crippen molar-refractivity contribution in [3.8, 4) is 11.1 Å². The van der Waals surface area contributed by atoms with Crippen molar-refractivity contribution < 1.29 is 15.0 Å². The van der Waals surface area contributed by atoms with E-state index in [0.29, 0.717) is 17.0 Å². The monoisotopic (exact) mass is 283 g/mol. The van der Waals surface area contributed by atoms with E-state index in [9.17, 15) is 9.90 Å². The quantitative estimate of drug-likeness (QED) is 0.586. The lowest BCUT2D eigenvalue weighted by atomic mass is 10.0. The molecule has 2 aromatic heterocycles. The molecule has 0 saturated carbocycles. The summed E-state index contributed by atoms with van der Waals surface area (Å²) in [5, 5.41) is 19.2. The molecule has 5 N–H and O–H groups in total. The Morgan fingerprint density at radius 2 is 1.95 bits per heavy atom. The van der Waals surface area contributed by atoms with Gasteiger partial charge < -0.3 is 20.9 Å². The van der Waals surface area contributed by atoms with Crippen LogP contribution in [0.4, 0.5) is 5.82 Å². The van der Waals surface area contributed by atoms with Crippen LogP contribution in [0, 0.1) is 0 Å². The van der Waals surface area contributed by atoms with Gasteiger partial charge in [-0.25, -0.2) is 9.78 Å². The van der Waals surface area contributed by atoms with Gasteiger partial charge in [-0.3, -0.25) is 0 Å². The number of hydrogen-bond donors (Lipinski definition) is 4. The van der Waals surface area contributed by atoms with Gasteiger partial charge >= 0.3 is 5.97 Å². The number of aromatic nitrogens is 2. The number of nitrogens with two attached hydrogens (primary N) is 1. The summed E-state index contributed by atoms with van der Waals surface area (Å²) in [4.78, 5) is 18.0. The highest BCUT2D eigenvalue weighted by Gasteiger charge is 2.16. The van der Waals surface area contributed by atoms with E-state index in [4.69, 9.17) is 10.8 Å². The van der Waals surface area contributed by atoms with Gasteiger partial charge in [0, 0.05) is 11.6 Å². The molecular formula is C15H13N3O3. The Bertz CT molecular complexity index is 809. The van der Waals surface area contributed by atoms with Gasteiger partial charge in [0.05, 0.1) is 0 Å². The first kappa shape index (κ1) is 13.1. The van der Waals surface area contributed by atoms with E-state index >= 15 is 0 Å². The number of fused-ring (bicyclic) bond motifs is 1. The van der Waals surface area contributed by atoms with E-state index in [-0.39, 0.29) is 0 Å². The summed E-state index contributed by atoms with van der Waals surface area (Å²) in [7, 11) is 0. The molecule has 0 radical (unpaired) electrons. The number of aromatic amines is 1. The van der Waals surface area contributed by atoms with Crippen molar-refractivity contribution in [2.45, 2.75) is 6.10 Å². The molecule has 6 nitrogen and oxygen atoms in total. The van der Waals surface area contributed by atoms with Crippen molar-refractivity contribution in [2.75, 3.05) is 5.73 Å². The number of pyridine rings is 1. The Labute approximate surface area is 119 Å². The highest BCUT2D eigenvalue weighted by molar-refractivity contribution is 5.94. The number of nitrogen functional groups attached to an aromatic ring is 1. The molecule has 3 aromatic rings. The molecule has 0 saturated heterocycles. The van der Waals surface area contributed by atoms with E-state index in [0.717, 1.165) is 16.5 Å². The molecule has 2 heterocycles. The fourth-order valence-electron chi connectivity index (χ4n) is 2.28. The highest BCUT2D eigenvalue weighted by atomic mass is 16.4. The maximum Gasteiger partial charge on any atom is 0.337 e. The maximum absolute atomic E-state index is 10.8. The third-order valence-corrected chi connectivity index (χ3v) is 3.32. The molecule has 1 unspecified atom stereocenters. The van der Waals surface area contributed by atoms with Crippen molar-refractivity contribution in [2.24, 2.45) is 0 Å². The minimum absolute atomic E-state index is 0.332. The lowest BCUT2D eigenvalue weighted by molar-refractivity contribution is -0.146. The van der Waals surface area contributed by atoms with Crippen molar-refractivity contribution in [1.29, 1.82) is 0 Å². The van der Waals surface area contributed by atoms with Crippen LogP contribution in [-0.2, 0) is 4.79 Å². The SMILES string of the molecule is Nc1cc(-c2ccc(C(O)C(=O)O)cc2)c2cc[nH]c2n1. The molecule has 0 fully saturated rings. The topological polar surface area (TPSA) is 112 Å². The number of carbonyl (C=O) groups is 1. The number of carboxylic acid groups (broad SMARTS) is 1. The number of rotatable bonds is 3. The molecule has 0 aliphatic carbocycles. The number of carboxylic acids is 1. The Kier molecular flexibility index (Phi) is 3.08. The van der Waals surface area contributed by atoms with Gasteiger partial charge in [-0.2, -0.15) is 0 Å². The van der Waals surface area contributed by atoms with E-state index in [1.54, 1.807) is 36.5 Å². The van der Waals surface area contributed by atoms with Gasteiger partial charge in [-0.15, -0.1) is 0 Å². The number of aliphatic hydroxyl groups excluding tert-OH is 1. The van der Waals surface area contributed by atoms with Crippen molar-refractivity contribution in [1.82, 2.24) is 9.97 Å². The minimum Gasteiger partial charge on any atom is -0.479 e. The van der Waals surface area contributed by atoms with E-state index in [2.05, 4.69) is 9.97 Å². The van der Waals surface area contributed by atoms with Crippen LogP contribution in [-0.4, -0.2) is 26.2 Å². The molecule has 0 aliphatic heterocycles. The van der Waals surface area contributed by atoms with E-state index in [1.165, 1.54) is 0 Å². The Balaban J connectivity index is 2.07. The van der Waals surface area contributed by atoms with Gasteiger partial charge in [-0.05, 0) is 28.8 Å². The number of H-pyrrole nitrogens is 1. The van der Waals surface area contributed by atoms with Crippen LogP contribution in [0.15, 0.2) is 42.6 Å². The largest absolute Gasteiger partial charge is 0.479 e. The van der Waals surface area contributed by atoms with Crippen LogP contribution < -0.4 is 5.73 Å². The van der Waals surface area contributed by atoms with Crippen LogP contribution in [0.1, 0.15) is 11.7 Å². The first-order chi connectivity index (χ1) is 10.1. The third-order valence-electron chi connectivity index (χ3n) is 3.32. The first-order valence-corrected chi connectivity index (χ1v) is 6.31. The average Bonchev–Trinajstić information content (AvgIpc) is 2.93. The number of nitrogens with zero attached hydrogens (tertiary/aromatic N) is 1. The average molecular weight is 283 g/mol. The van der Waals surface area contributed by atoms with Crippen molar-refractivity contribution in [3.05, 3.63) is 48.2 Å². The van der Waals surface area contributed by atoms with Crippen LogP contribution in [0.3, 0.4) is 0 Å². The fourth-order valence-corrected chi connectivity index (χ4v) is 2.28. The molecule has 0 aliphatic rings. The molecule has 6 heteroatoms. The number of aliphatic carboxylic acids is 1. The lowest BCUT2D eigenvalue weighted by Crippen LogP contribution is -2.10. The first-order valence-electron chi connectivity index (χ1n) is 6.31. The Hall–Kier alpha value is -2.86. The number of hydrogen-bond acceptors (Lipinski definition) is 4. The van der Waals surface area contributed by atoms with Gasteiger partial charge in [0.1, 0.15) is 11.5 Å². The predicted molar refractivity (Wildman–Crippen MR) is 78.5 cm³/mol. The molecule has 3 rings (SSSR count). The summed E-state index contributed by atoms with van der Waals surface area (Å²) >= 11 is 0. The number of benzene rings is 1. The van der Waals surface area contributed by atoms with Crippen LogP contribution in [0.25, 0.3) is 22.2 Å². The molecule has 21 heavy (non-hydrogen) atoms. The minimum atomic E-state index is -1.52. The van der Waals surface area contributed by atoms with Gasteiger partial charge in [0.15, 0.2) is 6.10 Å². The number of aliphatic hydroxyl groups is 1. The molecule has 106 valence electrons. The summed E-state index contributed by atoms with van der Waals surface area (Å²) < 4.78 is 0. The van der Waals surface area contributed by atoms with Gasteiger partial charge in [0.25, 0.3) is 0 Å². The van der Waals surface area contributed by atoms with Crippen LogP contribution in [0.2, 0.25) is 0 Å². The molecule has 1 aromatic carbocycles. The van der Waals surface area contributed by atoms with Crippen LogP contribution >= 0.6 is 0 Å². The summed E-state index contributed by atoms with van der Waals surface area (Å²) in [6.45, 7) is 0. The lowest BCUT2D eigenvalue weighted by Gasteiger charge is -2.08. The van der Waals surface area contributed by atoms with E-state index in [1.807, 2.05) is 6.07 Å². The third kappa shape index (κ3) is 2.32. The second-order valence-electron chi connectivity index (χ2n) is 4.70.